The van der Waals surface area contributed by atoms with Crippen LogP contribution in [0.25, 0.3) is 0 Å². The van der Waals surface area contributed by atoms with Crippen LogP contribution >= 0.6 is 0 Å². The molecular weight excluding hydrogens is 455 g/mol. The summed E-state index contributed by atoms with van der Waals surface area (Å²) in [6, 6.07) is 5.86. The van der Waals surface area contributed by atoms with Gasteiger partial charge < -0.3 is 15.5 Å². The standard InChI is InChI=1S/C24H33FN6O4/c1-3-5-11-30(20-21(26)31(10-4-2)24(35)27-22(20)33)19(32)16-28-12-14-29(15-13-28)23(34)17-8-6-7-9-18(17)25/h6-9H,3-5,10-16,26H2,1-2H3,(H,27,33,35). The number of carbonyl (C=O) groups is 2. The Morgan fingerprint density at radius 3 is 2.40 bits per heavy atom. The Balaban J connectivity index is 1.73. The molecule has 2 heterocycles. The van der Waals surface area contributed by atoms with E-state index in [0.29, 0.717) is 52.1 Å². The number of halogens is 1. The van der Waals surface area contributed by atoms with E-state index in [0.717, 1.165) is 6.42 Å². The highest BCUT2D eigenvalue weighted by molar-refractivity contribution is 5.97. The Bertz CT molecular complexity index is 1170. The lowest BCUT2D eigenvalue weighted by atomic mass is 10.1. The molecule has 0 spiro atoms. The predicted octanol–water partition coefficient (Wildman–Crippen LogP) is 1.26. The Labute approximate surface area is 203 Å². The third kappa shape index (κ3) is 5.97. The molecule has 11 heteroatoms. The Morgan fingerprint density at radius 2 is 1.77 bits per heavy atom. The van der Waals surface area contributed by atoms with E-state index >= 15 is 0 Å². The fraction of sp³-hybridized carbons (Fsp3) is 0.500. The van der Waals surface area contributed by atoms with Gasteiger partial charge in [0.25, 0.3) is 11.5 Å². The zero-order valence-electron chi connectivity index (χ0n) is 20.3. The van der Waals surface area contributed by atoms with E-state index in [4.69, 9.17) is 5.73 Å². The number of amides is 2. The maximum atomic E-state index is 14.0. The molecule has 1 aliphatic rings. The number of hydrogen-bond donors (Lipinski definition) is 2. The van der Waals surface area contributed by atoms with Crippen molar-refractivity contribution >= 4 is 23.3 Å². The number of nitrogens with two attached hydrogens (primary N) is 1. The number of aromatic nitrogens is 2. The van der Waals surface area contributed by atoms with Gasteiger partial charge in [-0.15, -0.1) is 0 Å². The molecule has 1 fully saturated rings. The minimum absolute atomic E-state index is 0.00938. The highest BCUT2D eigenvalue weighted by Crippen LogP contribution is 2.19. The van der Waals surface area contributed by atoms with Crippen LogP contribution < -0.4 is 21.9 Å². The third-order valence-corrected chi connectivity index (χ3v) is 6.09. The summed E-state index contributed by atoms with van der Waals surface area (Å²) in [5.41, 5.74) is 4.92. The number of unbranched alkanes of at least 4 members (excludes halogenated alkanes) is 1. The number of benzene rings is 1. The van der Waals surface area contributed by atoms with Crippen molar-refractivity contribution in [2.24, 2.45) is 0 Å². The fourth-order valence-electron chi connectivity index (χ4n) is 4.15. The lowest BCUT2D eigenvalue weighted by molar-refractivity contribution is -0.120. The maximum Gasteiger partial charge on any atom is 0.330 e. The van der Waals surface area contributed by atoms with Crippen LogP contribution in [-0.4, -0.2) is 70.4 Å². The molecule has 3 N–H and O–H groups in total. The summed E-state index contributed by atoms with van der Waals surface area (Å²) in [6.07, 6.45) is 2.09. The lowest BCUT2D eigenvalue weighted by Gasteiger charge is -2.35. The average Bonchev–Trinajstić information content (AvgIpc) is 2.84. The van der Waals surface area contributed by atoms with Crippen molar-refractivity contribution in [1.82, 2.24) is 19.4 Å². The number of nitrogens with one attached hydrogen (secondary N) is 1. The van der Waals surface area contributed by atoms with Gasteiger partial charge in [-0.1, -0.05) is 32.4 Å². The molecule has 35 heavy (non-hydrogen) atoms. The van der Waals surface area contributed by atoms with Gasteiger partial charge in [-0.3, -0.25) is 28.8 Å². The van der Waals surface area contributed by atoms with Crippen molar-refractivity contribution in [3.63, 3.8) is 0 Å². The molecule has 2 amide bonds. The van der Waals surface area contributed by atoms with Crippen LogP contribution in [0, 0.1) is 5.82 Å². The first-order valence-corrected chi connectivity index (χ1v) is 12.0. The van der Waals surface area contributed by atoms with E-state index in [1.54, 1.807) is 11.0 Å². The maximum absolute atomic E-state index is 14.0. The number of hydrogen-bond acceptors (Lipinski definition) is 6. The van der Waals surface area contributed by atoms with Crippen molar-refractivity contribution in [1.29, 1.82) is 0 Å². The second-order valence-corrected chi connectivity index (χ2v) is 8.59. The molecule has 0 unspecified atom stereocenters. The Hall–Kier alpha value is -3.47. The number of nitrogens with zero attached hydrogens (tertiary/aromatic N) is 4. The SMILES string of the molecule is CCCCN(C(=O)CN1CCN(C(=O)c2ccccc2F)CC1)c1c(N)n(CCC)c(=O)[nH]c1=O. The smallest absolute Gasteiger partial charge is 0.330 e. The second kappa shape index (κ2) is 11.8. The minimum Gasteiger partial charge on any atom is -0.383 e. The van der Waals surface area contributed by atoms with Crippen LogP contribution in [0.3, 0.4) is 0 Å². The van der Waals surface area contributed by atoms with Crippen LogP contribution in [0.5, 0.6) is 0 Å². The highest BCUT2D eigenvalue weighted by atomic mass is 19.1. The van der Waals surface area contributed by atoms with Crippen LogP contribution in [-0.2, 0) is 11.3 Å². The first-order valence-electron chi connectivity index (χ1n) is 12.0. The fourth-order valence-corrected chi connectivity index (χ4v) is 4.15. The normalized spacial score (nSPS) is 14.2. The molecule has 3 rings (SSSR count). The number of anilines is 2. The topological polar surface area (TPSA) is 125 Å². The Morgan fingerprint density at radius 1 is 1.09 bits per heavy atom. The molecule has 1 aliphatic heterocycles. The van der Waals surface area contributed by atoms with Gasteiger partial charge >= 0.3 is 5.69 Å². The van der Waals surface area contributed by atoms with Crippen LogP contribution in [0.2, 0.25) is 0 Å². The minimum atomic E-state index is -0.690. The van der Waals surface area contributed by atoms with Gasteiger partial charge in [-0.25, -0.2) is 9.18 Å². The summed E-state index contributed by atoms with van der Waals surface area (Å²) < 4.78 is 15.3. The quantitative estimate of drug-likeness (QED) is 0.548. The molecule has 0 aliphatic carbocycles. The number of H-pyrrole nitrogens is 1. The summed E-state index contributed by atoms with van der Waals surface area (Å²) in [7, 11) is 0. The summed E-state index contributed by atoms with van der Waals surface area (Å²) in [4.78, 5) is 57.9. The van der Waals surface area contributed by atoms with Gasteiger partial charge in [-0.05, 0) is 25.0 Å². The van der Waals surface area contributed by atoms with Crippen LogP contribution in [0.1, 0.15) is 43.5 Å². The van der Waals surface area contributed by atoms with E-state index < -0.39 is 17.1 Å². The molecule has 1 saturated heterocycles. The van der Waals surface area contributed by atoms with Gasteiger partial charge in [-0.2, -0.15) is 0 Å². The third-order valence-electron chi connectivity index (χ3n) is 6.09. The molecule has 190 valence electrons. The summed E-state index contributed by atoms with van der Waals surface area (Å²) in [5, 5.41) is 0. The lowest BCUT2D eigenvalue weighted by Crippen LogP contribution is -2.52. The molecule has 0 bridgehead atoms. The van der Waals surface area contributed by atoms with Crippen LogP contribution in [0.15, 0.2) is 33.9 Å². The zero-order valence-corrected chi connectivity index (χ0v) is 20.3. The molecule has 0 atom stereocenters. The first kappa shape index (κ1) is 26.1. The van der Waals surface area contributed by atoms with Gasteiger partial charge in [0.05, 0.1) is 12.1 Å². The van der Waals surface area contributed by atoms with Gasteiger partial charge in [0.15, 0.2) is 5.69 Å². The van der Waals surface area contributed by atoms with Crippen molar-refractivity contribution in [3.8, 4) is 0 Å². The highest BCUT2D eigenvalue weighted by Gasteiger charge is 2.28. The monoisotopic (exact) mass is 488 g/mol. The number of carbonyl (C=O) groups excluding carboxylic acids is 2. The number of rotatable bonds is 9. The molecular formula is C24H33FN6O4. The number of aromatic amines is 1. The molecule has 0 saturated carbocycles. The van der Waals surface area contributed by atoms with Gasteiger partial charge in [0, 0.05) is 39.3 Å². The molecule has 2 aromatic rings. The van der Waals surface area contributed by atoms with E-state index in [2.05, 4.69) is 4.98 Å². The molecule has 10 nitrogen and oxygen atoms in total. The Kier molecular flexibility index (Phi) is 8.80. The first-order chi connectivity index (χ1) is 16.8. The summed E-state index contributed by atoms with van der Waals surface area (Å²) in [6.45, 7) is 6.04. The number of piperazine rings is 1. The van der Waals surface area contributed by atoms with Crippen molar-refractivity contribution in [2.75, 3.05) is 49.9 Å². The van der Waals surface area contributed by atoms with Crippen molar-refractivity contribution < 1.29 is 14.0 Å². The molecule has 1 aromatic carbocycles. The zero-order chi connectivity index (χ0) is 25.5. The predicted molar refractivity (Wildman–Crippen MR) is 132 cm³/mol. The molecule has 0 radical (unpaired) electrons. The second-order valence-electron chi connectivity index (χ2n) is 8.59. The van der Waals surface area contributed by atoms with Crippen molar-refractivity contribution in [2.45, 2.75) is 39.7 Å². The van der Waals surface area contributed by atoms with Crippen LogP contribution in [0.4, 0.5) is 15.9 Å². The number of nitrogen functional groups attached to an aromatic ring is 1. The van der Waals surface area contributed by atoms with Gasteiger partial charge in [0.1, 0.15) is 11.6 Å². The van der Waals surface area contributed by atoms with Crippen molar-refractivity contribution in [3.05, 3.63) is 56.5 Å². The van der Waals surface area contributed by atoms with E-state index in [-0.39, 0.29) is 35.4 Å². The van der Waals surface area contributed by atoms with E-state index in [1.165, 1.54) is 27.7 Å². The van der Waals surface area contributed by atoms with E-state index in [1.807, 2.05) is 18.7 Å². The average molecular weight is 489 g/mol. The summed E-state index contributed by atoms with van der Waals surface area (Å²) in [5.74, 6) is -1.28. The van der Waals surface area contributed by atoms with E-state index in [9.17, 15) is 23.6 Å². The summed E-state index contributed by atoms with van der Waals surface area (Å²) >= 11 is 0. The van der Waals surface area contributed by atoms with Gasteiger partial charge in [0.2, 0.25) is 5.91 Å². The molecule has 1 aromatic heterocycles. The largest absolute Gasteiger partial charge is 0.383 e.